The molecular weight excluding hydrogens is 216 g/mol. The van der Waals surface area contributed by atoms with Crippen molar-refractivity contribution in [1.82, 2.24) is 0 Å². The predicted molar refractivity (Wildman–Crippen MR) is 54.9 cm³/mol. The Morgan fingerprint density at radius 2 is 2.17 bits per heavy atom. The molecule has 0 aromatic heterocycles. The lowest BCUT2D eigenvalue weighted by atomic mass is 10.1. The van der Waals surface area contributed by atoms with E-state index in [2.05, 4.69) is 28.1 Å². The number of halogens is 1. The molecule has 1 unspecified atom stereocenters. The van der Waals surface area contributed by atoms with Crippen LogP contribution in [0.3, 0.4) is 0 Å². The maximum absolute atomic E-state index is 5.71. The van der Waals surface area contributed by atoms with E-state index in [0.717, 1.165) is 10.9 Å². The van der Waals surface area contributed by atoms with Crippen molar-refractivity contribution in [3.05, 3.63) is 34.3 Å². The van der Waals surface area contributed by atoms with E-state index in [1.807, 2.05) is 12.1 Å². The third-order valence-corrected chi connectivity index (χ3v) is 2.18. The molecule has 0 aliphatic carbocycles. The van der Waals surface area contributed by atoms with Crippen LogP contribution in [-0.4, -0.2) is 12.6 Å². The summed E-state index contributed by atoms with van der Waals surface area (Å²) in [4.78, 5) is 0. The topological polar surface area (TPSA) is 52.0 Å². The zero-order valence-electron chi connectivity index (χ0n) is 6.83. The Labute approximate surface area is 81.1 Å². The Morgan fingerprint density at radius 1 is 1.42 bits per heavy atom. The summed E-state index contributed by atoms with van der Waals surface area (Å²) in [6.07, 6.45) is 0.843. The number of nitrogens with two attached hydrogens (primary N) is 2. The van der Waals surface area contributed by atoms with Crippen molar-refractivity contribution < 1.29 is 0 Å². The van der Waals surface area contributed by atoms with Crippen LogP contribution in [0.1, 0.15) is 5.56 Å². The first-order chi connectivity index (χ1) is 5.72. The molecule has 1 aromatic rings. The number of benzene rings is 1. The van der Waals surface area contributed by atoms with Crippen LogP contribution in [0.5, 0.6) is 0 Å². The fraction of sp³-hybridized carbons (Fsp3) is 0.333. The second-order valence-corrected chi connectivity index (χ2v) is 3.75. The highest BCUT2D eigenvalue weighted by Crippen LogP contribution is 2.12. The molecule has 0 spiro atoms. The number of rotatable bonds is 3. The van der Waals surface area contributed by atoms with Crippen molar-refractivity contribution in [1.29, 1.82) is 0 Å². The number of hydrogen-bond acceptors (Lipinski definition) is 2. The van der Waals surface area contributed by atoms with E-state index in [9.17, 15) is 0 Å². The molecule has 0 aliphatic heterocycles. The van der Waals surface area contributed by atoms with Gasteiger partial charge in [0, 0.05) is 17.1 Å². The summed E-state index contributed by atoms with van der Waals surface area (Å²) in [5.74, 6) is 0. The van der Waals surface area contributed by atoms with Gasteiger partial charge in [-0.25, -0.2) is 0 Å². The summed E-state index contributed by atoms with van der Waals surface area (Å²) in [6.45, 7) is 0.534. The molecule has 0 heterocycles. The predicted octanol–water partition coefficient (Wildman–Crippen LogP) is 1.28. The molecule has 12 heavy (non-hydrogen) atoms. The molecular formula is C9H13BrN2. The first-order valence-electron chi connectivity index (χ1n) is 3.92. The molecule has 4 N–H and O–H groups in total. The molecule has 66 valence electrons. The Balaban J connectivity index is 2.63. The second kappa shape index (κ2) is 4.60. The average molecular weight is 229 g/mol. The van der Waals surface area contributed by atoms with Gasteiger partial charge in [-0.05, 0) is 24.1 Å². The van der Waals surface area contributed by atoms with Crippen LogP contribution >= 0.6 is 15.9 Å². The van der Waals surface area contributed by atoms with Gasteiger partial charge >= 0.3 is 0 Å². The van der Waals surface area contributed by atoms with E-state index in [1.54, 1.807) is 0 Å². The first-order valence-corrected chi connectivity index (χ1v) is 4.71. The highest BCUT2D eigenvalue weighted by Gasteiger charge is 2.00. The molecule has 1 aromatic carbocycles. The standard InChI is InChI=1S/C9H13BrN2/c10-8-3-1-2-7(4-8)5-9(12)6-11/h1-4,9H,5-6,11-12H2. The lowest BCUT2D eigenvalue weighted by Crippen LogP contribution is -2.31. The van der Waals surface area contributed by atoms with Gasteiger partial charge in [-0.2, -0.15) is 0 Å². The summed E-state index contributed by atoms with van der Waals surface area (Å²) in [6, 6.07) is 8.19. The average Bonchev–Trinajstić information content (AvgIpc) is 2.04. The van der Waals surface area contributed by atoms with Crippen LogP contribution in [0.25, 0.3) is 0 Å². The molecule has 2 nitrogen and oxygen atoms in total. The van der Waals surface area contributed by atoms with Crippen LogP contribution < -0.4 is 11.5 Å². The molecule has 0 fully saturated rings. The molecule has 0 aliphatic rings. The van der Waals surface area contributed by atoms with E-state index < -0.39 is 0 Å². The fourth-order valence-corrected chi connectivity index (χ4v) is 1.50. The van der Waals surface area contributed by atoms with Crippen molar-refractivity contribution in [3.8, 4) is 0 Å². The van der Waals surface area contributed by atoms with Crippen molar-refractivity contribution in [2.45, 2.75) is 12.5 Å². The summed E-state index contributed by atoms with van der Waals surface area (Å²) in [7, 11) is 0. The molecule has 1 rings (SSSR count). The molecule has 0 saturated heterocycles. The van der Waals surface area contributed by atoms with E-state index in [1.165, 1.54) is 5.56 Å². The minimum atomic E-state index is 0.0688. The van der Waals surface area contributed by atoms with Crippen LogP contribution in [0, 0.1) is 0 Å². The van der Waals surface area contributed by atoms with Crippen molar-refractivity contribution in [2.24, 2.45) is 11.5 Å². The molecule has 0 saturated carbocycles. The summed E-state index contributed by atoms with van der Waals surface area (Å²) >= 11 is 3.40. The zero-order valence-corrected chi connectivity index (χ0v) is 8.42. The van der Waals surface area contributed by atoms with Crippen molar-refractivity contribution in [3.63, 3.8) is 0 Å². The van der Waals surface area contributed by atoms with Crippen LogP contribution in [-0.2, 0) is 6.42 Å². The zero-order chi connectivity index (χ0) is 8.97. The highest BCUT2D eigenvalue weighted by atomic mass is 79.9. The van der Waals surface area contributed by atoms with Gasteiger partial charge in [0.05, 0.1) is 0 Å². The normalized spacial score (nSPS) is 12.9. The fourth-order valence-electron chi connectivity index (χ4n) is 1.05. The molecule has 0 bridgehead atoms. The summed E-state index contributed by atoms with van der Waals surface area (Å²) in [5.41, 5.74) is 12.4. The molecule has 1 atom stereocenters. The van der Waals surface area contributed by atoms with Gasteiger partial charge in [-0.1, -0.05) is 28.1 Å². The quantitative estimate of drug-likeness (QED) is 0.820. The lowest BCUT2D eigenvalue weighted by molar-refractivity contribution is 0.678. The Kier molecular flexibility index (Phi) is 3.72. The number of hydrogen-bond donors (Lipinski definition) is 2. The summed E-state index contributed by atoms with van der Waals surface area (Å²) < 4.78 is 1.09. The van der Waals surface area contributed by atoms with E-state index in [-0.39, 0.29) is 6.04 Å². The smallest absolute Gasteiger partial charge is 0.0203 e. The van der Waals surface area contributed by atoms with Crippen LogP contribution in [0.4, 0.5) is 0 Å². The van der Waals surface area contributed by atoms with Gasteiger partial charge in [0.2, 0.25) is 0 Å². The van der Waals surface area contributed by atoms with Gasteiger partial charge in [0.1, 0.15) is 0 Å². The second-order valence-electron chi connectivity index (χ2n) is 2.83. The van der Waals surface area contributed by atoms with Crippen molar-refractivity contribution >= 4 is 15.9 Å². The Morgan fingerprint density at radius 3 is 2.75 bits per heavy atom. The van der Waals surface area contributed by atoms with Crippen LogP contribution in [0.2, 0.25) is 0 Å². The van der Waals surface area contributed by atoms with Crippen molar-refractivity contribution in [2.75, 3.05) is 6.54 Å². The molecule has 0 radical (unpaired) electrons. The molecule has 3 heteroatoms. The van der Waals surface area contributed by atoms with Gasteiger partial charge in [-0.15, -0.1) is 0 Å². The van der Waals surface area contributed by atoms with E-state index in [0.29, 0.717) is 6.54 Å². The maximum atomic E-state index is 5.71. The van der Waals surface area contributed by atoms with Gasteiger partial charge < -0.3 is 11.5 Å². The SMILES string of the molecule is NCC(N)Cc1cccc(Br)c1. The van der Waals surface area contributed by atoms with E-state index in [4.69, 9.17) is 11.5 Å². The van der Waals surface area contributed by atoms with Crippen LogP contribution in [0.15, 0.2) is 28.7 Å². The summed E-state index contributed by atoms with van der Waals surface area (Å²) in [5, 5.41) is 0. The Bertz CT molecular complexity index is 250. The highest BCUT2D eigenvalue weighted by molar-refractivity contribution is 9.10. The third kappa shape index (κ3) is 2.93. The van der Waals surface area contributed by atoms with Gasteiger partial charge in [0.25, 0.3) is 0 Å². The first kappa shape index (κ1) is 9.71. The van der Waals surface area contributed by atoms with Gasteiger partial charge in [0.15, 0.2) is 0 Å². The lowest BCUT2D eigenvalue weighted by Gasteiger charge is -2.08. The molecule has 0 amide bonds. The third-order valence-electron chi connectivity index (χ3n) is 1.69. The minimum Gasteiger partial charge on any atom is -0.329 e. The maximum Gasteiger partial charge on any atom is 0.0203 e. The van der Waals surface area contributed by atoms with E-state index >= 15 is 0 Å². The Hall–Kier alpha value is -0.380. The minimum absolute atomic E-state index is 0.0688. The van der Waals surface area contributed by atoms with Gasteiger partial charge in [-0.3, -0.25) is 0 Å². The largest absolute Gasteiger partial charge is 0.329 e. The monoisotopic (exact) mass is 228 g/mol.